The van der Waals surface area contributed by atoms with E-state index in [2.05, 4.69) is 10.3 Å². The van der Waals surface area contributed by atoms with Crippen LogP contribution in [0.25, 0.3) is 0 Å². The van der Waals surface area contributed by atoms with Crippen LogP contribution in [0.4, 0.5) is 5.13 Å². The van der Waals surface area contributed by atoms with Gasteiger partial charge in [0, 0.05) is 23.7 Å². The largest absolute Gasteiger partial charge is 0.460 e. The molecular weight excluding hydrogens is 228 g/mol. The lowest BCUT2D eigenvalue weighted by Crippen LogP contribution is -2.11. The predicted octanol–water partition coefficient (Wildman–Crippen LogP) is 1.59. The third-order valence-corrected chi connectivity index (χ3v) is 2.07. The van der Waals surface area contributed by atoms with Gasteiger partial charge in [-0.3, -0.25) is 10.1 Å². The third-order valence-electron chi connectivity index (χ3n) is 1.39. The molecule has 0 aromatic carbocycles. The Labute approximate surface area is 97.1 Å². The number of thiazole rings is 1. The lowest BCUT2D eigenvalue weighted by atomic mass is 10.4. The lowest BCUT2D eigenvalue weighted by molar-refractivity contribution is -0.141. The Bertz CT molecular complexity index is 385. The number of hydrogen-bond donors (Lipinski definition) is 1. The molecule has 0 bridgehead atoms. The Morgan fingerprint density at radius 2 is 2.25 bits per heavy atom. The van der Waals surface area contributed by atoms with Gasteiger partial charge in [-0.2, -0.15) is 0 Å². The first-order valence-corrected chi connectivity index (χ1v) is 5.55. The molecule has 1 rings (SSSR count). The summed E-state index contributed by atoms with van der Waals surface area (Å²) in [5.41, 5.74) is 0. The molecule has 0 aliphatic rings. The van der Waals surface area contributed by atoms with Crippen molar-refractivity contribution in [1.82, 2.24) is 4.98 Å². The van der Waals surface area contributed by atoms with E-state index >= 15 is 0 Å². The van der Waals surface area contributed by atoms with E-state index in [0.29, 0.717) is 5.13 Å². The van der Waals surface area contributed by atoms with Gasteiger partial charge in [-0.25, -0.2) is 9.78 Å². The standard InChI is InChI=1S/C10H12N2O3S/c1-7(2)15-9(14)4-3-8(13)12-10-11-5-6-16-10/h3-7H,1-2H3,(H,11,12,13)/b4-3+. The first-order valence-electron chi connectivity index (χ1n) is 4.67. The number of amides is 1. The van der Waals surface area contributed by atoms with Crippen molar-refractivity contribution in [2.45, 2.75) is 20.0 Å². The number of carbonyl (C=O) groups excluding carboxylic acids is 2. The zero-order chi connectivity index (χ0) is 12.0. The monoisotopic (exact) mass is 240 g/mol. The molecule has 16 heavy (non-hydrogen) atoms. The minimum absolute atomic E-state index is 0.195. The number of carbonyl (C=O) groups is 2. The molecule has 6 heteroatoms. The van der Waals surface area contributed by atoms with E-state index in [1.807, 2.05) is 0 Å². The van der Waals surface area contributed by atoms with Gasteiger partial charge in [-0.15, -0.1) is 11.3 Å². The van der Waals surface area contributed by atoms with Crippen LogP contribution < -0.4 is 5.32 Å². The Morgan fingerprint density at radius 3 is 2.81 bits per heavy atom. The highest BCUT2D eigenvalue weighted by molar-refractivity contribution is 7.13. The second kappa shape index (κ2) is 6.02. The highest BCUT2D eigenvalue weighted by Gasteiger charge is 2.03. The van der Waals surface area contributed by atoms with Gasteiger partial charge in [-0.05, 0) is 13.8 Å². The van der Waals surface area contributed by atoms with Gasteiger partial charge in [0.15, 0.2) is 5.13 Å². The first kappa shape index (κ1) is 12.4. The van der Waals surface area contributed by atoms with Crippen LogP contribution in [0.1, 0.15) is 13.8 Å². The van der Waals surface area contributed by atoms with E-state index in [4.69, 9.17) is 4.74 Å². The molecule has 1 aromatic heterocycles. The molecule has 0 atom stereocenters. The van der Waals surface area contributed by atoms with Crippen LogP contribution in [0.15, 0.2) is 23.7 Å². The highest BCUT2D eigenvalue weighted by atomic mass is 32.1. The highest BCUT2D eigenvalue weighted by Crippen LogP contribution is 2.09. The molecule has 0 fully saturated rings. The maximum Gasteiger partial charge on any atom is 0.331 e. The van der Waals surface area contributed by atoms with Crippen molar-refractivity contribution < 1.29 is 14.3 Å². The van der Waals surface area contributed by atoms with Gasteiger partial charge < -0.3 is 4.74 Å². The number of esters is 1. The van der Waals surface area contributed by atoms with Crippen LogP contribution in [0.2, 0.25) is 0 Å². The summed E-state index contributed by atoms with van der Waals surface area (Å²) >= 11 is 1.30. The van der Waals surface area contributed by atoms with Crippen LogP contribution >= 0.6 is 11.3 Å². The second-order valence-corrected chi connectivity index (χ2v) is 4.04. The maximum absolute atomic E-state index is 11.3. The van der Waals surface area contributed by atoms with Crippen LogP contribution in [-0.2, 0) is 14.3 Å². The summed E-state index contributed by atoms with van der Waals surface area (Å²) < 4.78 is 4.82. The van der Waals surface area contributed by atoms with Crippen molar-refractivity contribution in [2.75, 3.05) is 5.32 Å². The third kappa shape index (κ3) is 4.70. The number of rotatable bonds is 4. The van der Waals surface area contributed by atoms with E-state index in [-0.39, 0.29) is 6.10 Å². The summed E-state index contributed by atoms with van der Waals surface area (Å²) in [6.45, 7) is 3.47. The molecule has 86 valence electrons. The normalized spacial score (nSPS) is 10.7. The van der Waals surface area contributed by atoms with Crippen LogP contribution in [0.3, 0.4) is 0 Å². The van der Waals surface area contributed by atoms with Crippen molar-refractivity contribution in [3.63, 3.8) is 0 Å². The van der Waals surface area contributed by atoms with Crippen molar-refractivity contribution in [1.29, 1.82) is 0 Å². The van der Waals surface area contributed by atoms with E-state index in [1.54, 1.807) is 25.4 Å². The lowest BCUT2D eigenvalue weighted by Gasteiger charge is -2.03. The summed E-state index contributed by atoms with van der Waals surface area (Å²) in [7, 11) is 0. The molecule has 0 spiro atoms. The molecule has 1 amide bonds. The molecule has 0 unspecified atom stereocenters. The number of anilines is 1. The number of ether oxygens (including phenoxy) is 1. The fourth-order valence-electron chi connectivity index (χ4n) is 0.848. The molecule has 0 saturated carbocycles. The number of aromatic nitrogens is 1. The molecule has 5 nitrogen and oxygen atoms in total. The number of hydrogen-bond acceptors (Lipinski definition) is 5. The van der Waals surface area contributed by atoms with Gasteiger partial charge in [0.25, 0.3) is 0 Å². The Balaban J connectivity index is 2.39. The predicted molar refractivity (Wildman–Crippen MR) is 61.1 cm³/mol. The topological polar surface area (TPSA) is 68.3 Å². The van der Waals surface area contributed by atoms with Crippen molar-refractivity contribution in [3.05, 3.63) is 23.7 Å². The summed E-state index contributed by atoms with van der Waals surface area (Å²) in [6.07, 6.45) is 3.59. The van der Waals surface area contributed by atoms with Crippen LogP contribution in [0.5, 0.6) is 0 Å². The van der Waals surface area contributed by atoms with E-state index in [1.165, 1.54) is 11.3 Å². The summed E-state index contributed by atoms with van der Waals surface area (Å²) in [5, 5.41) is 4.74. The summed E-state index contributed by atoms with van der Waals surface area (Å²) in [5.74, 6) is -0.944. The van der Waals surface area contributed by atoms with Gasteiger partial charge in [0.2, 0.25) is 5.91 Å². The van der Waals surface area contributed by atoms with E-state index in [9.17, 15) is 9.59 Å². The molecule has 0 saturated heterocycles. The van der Waals surface area contributed by atoms with Gasteiger partial charge >= 0.3 is 5.97 Å². The Hall–Kier alpha value is -1.69. The van der Waals surface area contributed by atoms with Crippen molar-refractivity contribution >= 4 is 28.3 Å². The van der Waals surface area contributed by atoms with Gasteiger partial charge in [-0.1, -0.05) is 0 Å². The Morgan fingerprint density at radius 1 is 1.50 bits per heavy atom. The molecule has 0 aliphatic carbocycles. The maximum atomic E-state index is 11.3. The van der Waals surface area contributed by atoms with Crippen molar-refractivity contribution in [3.8, 4) is 0 Å². The molecule has 0 radical (unpaired) electrons. The van der Waals surface area contributed by atoms with Gasteiger partial charge in [0.05, 0.1) is 6.10 Å². The fourth-order valence-corrected chi connectivity index (χ4v) is 1.38. The minimum Gasteiger partial charge on any atom is -0.460 e. The second-order valence-electron chi connectivity index (χ2n) is 3.15. The quantitative estimate of drug-likeness (QED) is 0.641. The number of nitrogens with one attached hydrogen (secondary N) is 1. The fraction of sp³-hybridized carbons (Fsp3) is 0.300. The summed E-state index contributed by atoms with van der Waals surface area (Å²) in [4.78, 5) is 26.2. The molecule has 1 aromatic rings. The van der Waals surface area contributed by atoms with Crippen molar-refractivity contribution in [2.24, 2.45) is 0 Å². The van der Waals surface area contributed by atoms with E-state index in [0.717, 1.165) is 12.2 Å². The van der Waals surface area contributed by atoms with Crippen LogP contribution in [0, 0.1) is 0 Å². The molecule has 0 aliphatic heterocycles. The molecular formula is C10H12N2O3S. The number of nitrogens with zero attached hydrogens (tertiary/aromatic N) is 1. The average Bonchev–Trinajstić information content (AvgIpc) is 2.66. The van der Waals surface area contributed by atoms with Crippen LogP contribution in [-0.4, -0.2) is 23.0 Å². The summed E-state index contributed by atoms with van der Waals surface area (Å²) in [6, 6.07) is 0. The Kier molecular flexibility index (Phi) is 4.65. The SMILES string of the molecule is CC(C)OC(=O)/C=C/C(=O)Nc1nccs1. The zero-order valence-electron chi connectivity index (χ0n) is 8.97. The first-order chi connectivity index (χ1) is 7.58. The van der Waals surface area contributed by atoms with Gasteiger partial charge in [0.1, 0.15) is 0 Å². The smallest absolute Gasteiger partial charge is 0.331 e. The molecule has 1 heterocycles. The zero-order valence-corrected chi connectivity index (χ0v) is 9.78. The minimum atomic E-state index is -0.538. The molecule has 1 N–H and O–H groups in total. The van der Waals surface area contributed by atoms with E-state index < -0.39 is 11.9 Å². The average molecular weight is 240 g/mol.